The van der Waals surface area contributed by atoms with Gasteiger partial charge in [-0.05, 0) is 36.8 Å². The highest BCUT2D eigenvalue weighted by molar-refractivity contribution is 9.10. The summed E-state index contributed by atoms with van der Waals surface area (Å²) in [5.41, 5.74) is 0.926. The molecule has 0 unspecified atom stereocenters. The van der Waals surface area contributed by atoms with Crippen LogP contribution in [-0.2, 0) is 16.0 Å². The van der Waals surface area contributed by atoms with Crippen LogP contribution in [-0.4, -0.2) is 17.6 Å². The smallest absolute Gasteiger partial charge is 0.224 e. The zero-order valence-corrected chi connectivity index (χ0v) is 13.2. The van der Waals surface area contributed by atoms with Crippen LogP contribution in [0.2, 0.25) is 0 Å². The molecule has 0 atom stereocenters. The third kappa shape index (κ3) is 4.87. The summed E-state index contributed by atoms with van der Waals surface area (Å²) >= 11 is 8.33. The highest BCUT2D eigenvalue weighted by Gasteiger charge is 2.12. The quantitative estimate of drug-likeness (QED) is 0.822. The lowest BCUT2D eigenvalue weighted by Gasteiger charge is -2.11. The van der Waals surface area contributed by atoms with Crippen LogP contribution in [0.1, 0.15) is 25.8 Å². The highest BCUT2D eigenvalue weighted by Crippen LogP contribution is 2.25. The lowest BCUT2D eigenvalue weighted by Crippen LogP contribution is -2.12. The Morgan fingerprint density at radius 2 is 2.16 bits per heavy atom. The Kier molecular flexibility index (Phi) is 6.37. The van der Waals surface area contributed by atoms with Crippen molar-refractivity contribution in [2.75, 3.05) is 11.9 Å². The van der Waals surface area contributed by atoms with Gasteiger partial charge in [-0.1, -0.05) is 22.9 Å². The topological polar surface area (TPSA) is 38.3 Å². The van der Waals surface area contributed by atoms with E-state index in [-0.39, 0.29) is 11.6 Å². The molecule has 0 saturated carbocycles. The van der Waals surface area contributed by atoms with Gasteiger partial charge in [-0.15, -0.1) is 0 Å². The van der Waals surface area contributed by atoms with Crippen LogP contribution in [0.5, 0.6) is 0 Å². The van der Waals surface area contributed by atoms with E-state index in [2.05, 4.69) is 21.2 Å². The molecule has 6 heteroatoms. The maximum Gasteiger partial charge on any atom is 0.224 e. The van der Waals surface area contributed by atoms with Crippen molar-refractivity contribution >= 4 is 44.8 Å². The highest BCUT2D eigenvalue weighted by atomic mass is 79.9. The van der Waals surface area contributed by atoms with Gasteiger partial charge in [0.05, 0.1) is 12.3 Å². The molecule has 0 spiro atoms. The average Bonchev–Trinajstić information content (AvgIpc) is 2.35. The Bertz CT molecular complexity index is 494. The molecule has 19 heavy (non-hydrogen) atoms. The molecule has 0 aromatic heterocycles. The molecule has 1 aromatic carbocycles. The minimum atomic E-state index is -0.486. The van der Waals surface area contributed by atoms with E-state index in [1.807, 2.05) is 6.92 Å². The second-order valence-electron chi connectivity index (χ2n) is 3.81. The lowest BCUT2D eigenvalue weighted by atomic mass is 10.1. The van der Waals surface area contributed by atoms with Crippen LogP contribution in [0.3, 0.4) is 0 Å². The van der Waals surface area contributed by atoms with Crippen LogP contribution >= 0.6 is 28.1 Å². The first-order chi connectivity index (χ1) is 8.97. The molecular weight excluding hydrogens is 333 g/mol. The van der Waals surface area contributed by atoms with Crippen molar-refractivity contribution in [2.45, 2.75) is 26.7 Å². The van der Waals surface area contributed by atoms with E-state index in [0.717, 1.165) is 5.56 Å². The van der Waals surface area contributed by atoms with Crippen molar-refractivity contribution in [3.63, 3.8) is 0 Å². The molecule has 0 aliphatic heterocycles. The number of hydrogen-bond donors (Lipinski definition) is 1. The van der Waals surface area contributed by atoms with Crippen molar-refractivity contribution < 1.29 is 13.9 Å². The Hall–Kier alpha value is -1.01. The van der Waals surface area contributed by atoms with E-state index in [9.17, 15) is 9.18 Å². The van der Waals surface area contributed by atoms with E-state index in [1.54, 1.807) is 13.0 Å². The van der Waals surface area contributed by atoms with E-state index >= 15 is 0 Å². The van der Waals surface area contributed by atoms with Gasteiger partial charge in [0, 0.05) is 17.3 Å². The Morgan fingerprint density at radius 1 is 1.47 bits per heavy atom. The largest absolute Gasteiger partial charge is 0.487 e. The van der Waals surface area contributed by atoms with Crippen LogP contribution in [0.4, 0.5) is 10.1 Å². The van der Waals surface area contributed by atoms with Gasteiger partial charge >= 0.3 is 0 Å². The van der Waals surface area contributed by atoms with Crippen molar-refractivity contribution in [2.24, 2.45) is 0 Å². The molecule has 0 aliphatic carbocycles. The van der Waals surface area contributed by atoms with Crippen molar-refractivity contribution in [1.29, 1.82) is 0 Å². The fourth-order valence-electron chi connectivity index (χ4n) is 1.43. The SMILES string of the molecule is CCOC(=S)Cc1cc(NC(=O)CC)c(F)cc1Br. The molecule has 0 aliphatic rings. The molecule has 0 heterocycles. The zero-order valence-electron chi connectivity index (χ0n) is 10.8. The van der Waals surface area contributed by atoms with E-state index in [4.69, 9.17) is 17.0 Å². The summed E-state index contributed by atoms with van der Waals surface area (Å²) in [5, 5.41) is 2.95. The average molecular weight is 348 g/mol. The number of benzene rings is 1. The van der Waals surface area contributed by atoms with Crippen LogP contribution in [0, 0.1) is 5.82 Å². The number of ether oxygens (including phenoxy) is 1. The van der Waals surface area contributed by atoms with Crippen molar-refractivity contribution in [3.8, 4) is 0 Å². The minimum Gasteiger partial charge on any atom is -0.487 e. The number of carbonyl (C=O) groups excluding carboxylic acids is 1. The predicted octanol–water partition coefficient (Wildman–Crippen LogP) is 3.84. The van der Waals surface area contributed by atoms with Gasteiger partial charge in [-0.2, -0.15) is 0 Å². The normalized spacial score (nSPS) is 10.1. The van der Waals surface area contributed by atoms with Crippen LogP contribution in [0.25, 0.3) is 0 Å². The van der Waals surface area contributed by atoms with Gasteiger partial charge < -0.3 is 10.1 Å². The maximum absolute atomic E-state index is 13.7. The van der Waals surface area contributed by atoms with Gasteiger partial charge in [0.1, 0.15) is 5.82 Å². The maximum atomic E-state index is 13.7. The van der Waals surface area contributed by atoms with Gasteiger partial charge in [0.2, 0.25) is 5.91 Å². The third-order valence-electron chi connectivity index (χ3n) is 2.37. The number of carbonyl (C=O) groups is 1. The molecule has 1 amide bonds. The summed E-state index contributed by atoms with van der Waals surface area (Å²) in [5.74, 6) is -0.723. The molecule has 0 radical (unpaired) electrons. The van der Waals surface area contributed by atoms with E-state index in [0.29, 0.717) is 29.0 Å². The van der Waals surface area contributed by atoms with Crippen molar-refractivity contribution in [1.82, 2.24) is 0 Å². The zero-order chi connectivity index (χ0) is 14.4. The molecule has 0 saturated heterocycles. The molecular formula is C13H15BrFNO2S. The lowest BCUT2D eigenvalue weighted by molar-refractivity contribution is -0.115. The molecule has 1 rings (SSSR count). The Balaban J connectivity index is 2.95. The fourth-order valence-corrected chi connectivity index (χ4v) is 2.16. The minimum absolute atomic E-state index is 0.157. The molecule has 0 bridgehead atoms. The molecule has 0 fully saturated rings. The van der Waals surface area contributed by atoms with E-state index in [1.165, 1.54) is 6.07 Å². The number of anilines is 1. The predicted molar refractivity (Wildman–Crippen MR) is 80.9 cm³/mol. The van der Waals surface area contributed by atoms with Gasteiger partial charge in [0.15, 0.2) is 5.05 Å². The first-order valence-electron chi connectivity index (χ1n) is 5.91. The first kappa shape index (κ1) is 16.0. The molecule has 104 valence electrons. The molecule has 3 nitrogen and oxygen atoms in total. The number of halogens is 2. The summed E-state index contributed by atoms with van der Waals surface area (Å²) < 4.78 is 19.5. The summed E-state index contributed by atoms with van der Waals surface area (Å²) in [4.78, 5) is 11.3. The number of nitrogens with one attached hydrogen (secondary N) is 1. The summed E-state index contributed by atoms with van der Waals surface area (Å²) in [6.07, 6.45) is 0.682. The standard InChI is InChI=1S/C13H15BrFNO2S/c1-3-12(17)16-11-5-8(6-13(19)18-4-2)9(14)7-10(11)15/h5,7H,3-4,6H2,1-2H3,(H,16,17). The molecule has 1 aromatic rings. The second-order valence-corrected chi connectivity index (χ2v) is 5.12. The number of amides is 1. The number of thiocarbonyl (C=S) groups is 1. The monoisotopic (exact) mass is 347 g/mol. The van der Waals surface area contributed by atoms with Crippen molar-refractivity contribution in [3.05, 3.63) is 28.0 Å². The van der Waals surface area contributed by atoms with Crippen LogP contribution in [0.15, 0.2) is 16.6 Å². The first-order valence-corrected chi connectivity index (χ1v) is 7.11. The van der Waals surface area contributed by atoms with E-state index < -0.39 is 5.82 Å². The van der Waals surface area contributed by atoms with Gasteiger partial charge in [-0.25, -0.2) is 4.39 Å². The summed E-state index contributed by atoms with van der Waals surface area (Å²) in [6.45, 7) is 4.05. The number of rotatable bonds is 5. The van der Waals surface area contributed by atoms with Gasteiger partial charge in [0.25, 0.3) is 0 Å². The molecule has 1 N–H and O–H groups in total. The second kappa shape index (κ2) is 7.55. The Labute approximate surface area is 125 Å². The summed E-state index contributed by atoms with van der Waals surface area (Å²) in [7, 11) is 0. The summed E-state index contributed by atoms with van der Waals surface area (Å²) in [6, 6.07) is 2.88. The number of hydrogen-bond acceptors (Lipinski definition) is 3. The van der Waals surface area contributed by atoms with Gasteiger partial charge in [-0.3, -0.25) is 4.79 Å². The third-order valence-corrected chi connectivity index (χ3v) is 3.37. The Morgan fingerprint density at radius 3 is 2.74 bits per heavy atom. The van der Waals surface area contributed by atoms with Crippen LogP contribution < -0.4 is 5.32 Å². The fraction of sp³-hybridized carbons (Fsp3) is 0.385.